The van der Waals surface area contributed by atoms with E-state index in [2.05, 4.69) is 15.9 Å². The minimum Gasteiger partial charge on any atom is -0.491 e. The van der Waals surface area contributed by atoms with Gasteiger partial charge in [0.05, 0.1) is 13.2 Å². The van der Waals surface area contributed by atoms with Crippen molar-refractivity contribution < 1.29 is 13.9 Å². The monoisotopic (exact) mass is 324 g/mol. The molecule has 0 saturated carbocycles. The van der Waals surface area contributed by atoms with Gasteiger partial charge in [0, 0.05) is 10.0 Å². The number of hydrogen-bond acceptors (Lipinski definition) is 2. The van der Waals surface area contributed by atoms with E-state index in [1.165, 1.54) is 6.07 Å². The Balaban J connectivity index is 1.67. The molecule has 2 nitrogen and oxygen atoms in total. The number of hydrogen-bond donors (Lipinski definition) is 0. The van der Waals surface area contributed by atoms with Crippen molar-refractivity contribution in [3.05, 3.63) is 64.4 Å². The lowest BCUT2D eigenvalue weighted by Gasteiger charge is -2.07. The highest BCUT2D eigenvalue weighted by atomic mass is 79.9. The van der Waals surface area contributed by atoms with Crippen molar-refractivity contribution in [1.82, 2.24) is 0 Å². The molecule has 0 bridgehead atoms. The van der Waals surface area contributed by atoms with Crippen molar-refractivity contribution in [3.63, 3.8) is 0 Å². The molecule has 2 aromatic carbocycles. The third-order valence-corrected chi connectivity index (χ3v) is 3.05. The second kappa shape index (κ2) is 7.26. The van der Waals surface area contributed by atoms with Gasteiger partial charge in [-0.05, 0) is 30.3 Å². The van der Waals surface area contributed by atoms with Gasteiger partial charge >= 0.3 is 0 Å². The van der Waals surface area contributed by atoms with Gasteiger partial charge in [-0.15, -0.1) is 0 Å². The minimum atomic E-state index is -0.240. The second-order valence-corrected chi connectivity index (χ2v) is 4.86. The van der Waals surface area contributed by atoms with E-state index in [0.29, 0.717) is 18.8 Å². The molecule has 0 amide bonds. The number of halogens is 2. The fourth-order valence-corrected chi connectivity index (χ4v) is 1.81. The maximum Gasteiger partial charge on any atom is 0.128 e. The molecule has 0 aliphatic carbocycles. The molecule has 2 rings (SSSR count). The van der Waals surface area contributed by atoms with Gasteiger partial charge in [0.15, 0.2) is 0 Å². The zero-order valence-corrected chi connectivity index (χ0v) is 11.9. The van der Waals surface area contributed by atoms with Crippen LogP contribution in [0.2, 0.25) is 0 Å². The lowest BCUT2D eigenvalue weighted by atomic mass is 10.2. The molecule has 4 heteroatoms. The van der Waals surface area contributed by atoms with Crippen molar-refractivity contribution in [1.29, 1.82) is 0 Å². The van der Waals surface area contributed by atoms with Crippen LogP contribution in [0.3, 0.4) is 0 Å². The summed E-state index contributed by atoms with van der Waals surface area (Å²) in [6, 6.07) is 14.2. The van der Waals surface area contributed by atoms with Gasteiger partial charge in [0.2, 0.25) is 0 Å². The first-order valence-electron chi connectivity index (χ1n) is 5.95. The van der Waals surface area contributed by atoms with Gasteiger partial charge < -0.3 is 9.47 Å². The van der Waals surface area contributed by atoms with Gasteiger partial charge in [-0.3, -0.25) is 0 Å². The average molecular weight is 325 g/mol. The third-order valence-electron chi connectivity index (χ3n) is 2.53. The van der Waals surface area contributed by atoms with Crippen LogP contribution in [0.25, 0.3) is 0 Å². The Labute approximate surface area is 120 Å². The molecule has 0 saturated heterocycles. The molecule has 2 aromatic rings. The van der Waals surface area contributed by atoms with E-state index >= 15 is 0 Å². The minimum absolute atomic E-state index is 0.240. The molecule has 0 heterocycles. The highest BCUT2D eigenvalue weighted by Gasteiger charge is 2.00. The van der Waals surface area contributed by atoms with E-state index in [1.807, 2.05) is 24.3 Å². The Morgan fingerprint density at radius 1 is 0.947 bits per heavy atom. The van der Waals surface area contributed by atoms with Crippen LogP contribution in [-0.2, 0) is 11.3 Å². The van der Waals surface area contributed by atoms with Crippen LogP contribution >= 0.6 is 15.9 Å². The van der Waals surface area contributed by atoms with Gasteiger partial charge in [0.1, 0.15) is 18.2 Å². The fourth-order valence-electron chi connectivity index (χ4n) is 1.55. The Kier molecular flexibility index (Phi) is 5.36. The van der Waals surface area contributed by atoms with Crippen LogP contribution < -0.4 is 4.74 Å². The molecule has 19 heavy (non-hydrogen) atoms. The summed E-state index contributed by atoms with van der Waals surface area (Å²) in [5, 5.41) is 0. The molecule has 0 aromatic heterocycles. The molecule has 0 atom stereocenters. The summed E-state index contributed by atoms with van der Waals surface area (Å²) in [6.45, 7) is 1.12. The van der Waals surface area contributed by atoms with E-state index < -0.39 is 0 Å². The maximum atomic E-state index is 13.3. The molecule has 0 aliphatic rings. The Morgan fingerprint density at radius 2 is 1.68 bits per heavy atom. The first kappa shape index (κ1) is 14.0. The van der Waals surface area contributed by atoms with Crippen LogP contribution in [-0.4, -0.2) is 13.2 Å². The molecule has 0 spiro atoms. The Bertz CT molecular complexity index is 514. The van der Waals surface area contributed by atoms with Crippen molar-refractivity contribution >= 4 is 15.9 Å². The van der Waals surface area contributed by atoms with Crippen molar-refractivity contribution in [3.8, 4) is 5.75 Å². The summed E-state index contributed by atoms with van der Waals surface area (Å²) in [6.07, 6.45) is 0. The van der Waals surface area contributed by atoms with Crippen LogP contribution in [0.1, 0.15) is 5.56 Å². The normalized spacial score (nSPS) is 10.4. The standard InChI is InChI=1S/C15H14BrFO2/c16-13-5-7-14(8-6-13)19-10-9-18-11-12-3-1-2-4-15(12)17/h1-8H,9-11H2. The highest BCUT2D eigenvalue weighted by molar-refractivity contribution is 9.10. The van der Waals surface area contributed by atoms with Crippen LogP contribution in [0.5, 0.6) is 5.75 Å². The first-order chi connectivity index (χ1) is 9.25. The number of ether oxygens (including phenoxy) is 2. The van der Waals surface area contributed by atoms with Crippen molar-refractivity contribution in [2.24, 2.45) is 0 Å². The van der Waals surface area contributed by atoms with Crippen molar-refractivity contribution in [2.45, 2.75) is 6.61 Å². The van der Waals surface area contributed by atoms with Crippen molar-refractivity contribution in [2.75, 3.05) is 13.2 Å². The smallest absolute Gasteiger partial charge is 0.128 e. The zero-order chi connectivity index (χ0) is 13.5. The summed E-state index contributed by atoms with van der Waals surface area (Å²) < 4.78 is 25.2. The molecule has 0 aliphatic heterocycles. The van der Waals surface area contributed by atoms with Gasteiger partial charge in [-0.2, -0.15) is 0 Å². The summed E-state index contributed by atoms with van der Waals surface area (Å²) in [5.74, 6) is 0.550. The molecule has 100 valence electrons. The van der Waals surface area contributed by atoms with E-state index in [9.17, 15) is 4.39 Å². The quantitative estimate of drug-likeness (QED) is 0.742. The molecular weight excluding hydrogens is 311 g/mol. The molecule has 0 radical (unpaired) electrons. The summed E-state index contributed by atoms with van der Waals surface area (Å²) in [7, 11) is 0. The summed E-state index contributed by atoms with van der Waals surface area (Å²) in [5.41, 5.74) is 0.561. The Morgan fingerprint density at radius 3 is 2.42 bits per heavy atom. The van der Waals surface area contributed by atoms with E-state index in [1.54, 1.807) is 18.2 Å². The molecular formula is C15H14BrFO2. The number of rotatable bonds is 6. The van der Waals surface area contributed by atoms with Gasteiger partial charge in [-0.1, -0.05) is 34.1 Å². The maximum absolute atomic E-state index is 13.3. The second-order valence-electron chi connectivity index (χ2n) is 3.95. The topological polar surface area (TPSA) is 18.5 Å². The third kappa shape index (κ3) is 4.65. The highest BCUT2D eigenvalue weighted by Crippen LogP contribution is 2.16. The van der Waals surface area contributed by atoms with E-state index in [-0.39, 0.29) is 12.4 Å². The summed E-state index contributed by atoms with van der Waals surface area (Å²) in [4.78, 5) is 0. The molecule has 0 unspecified atom stereocenters. The SMILES string of the molecule is Fc1ccccc1COCCOc1ccc(Br)cc1. The molecule has 0 N–H and O–H groups in total. The predicted molar refractivity (Wildman–Crippen MR) is 75.7 cm³/mol. The number of benzene rings is 2. The predicted octanol–water partition coefficient (Wildman–Crippen LogP) is 4.18. The van der Waals surface area contributed by atoms with Crippen LogP contribution in [0.4, 0.5) is 4.39 Å². The zero-order valence-electron chi connectivity index (χ0n) is 10.3. The van der Waals surface area contributed by atoms with E-state index in [0.717, 1.165) is 10.2 Å². The lowest BCUT2D eigenvalue weighted by Crippen LogP contribution is -2.07. The first-order valence-corrected chi connectivity index (χ1v) is 6.74. The lowest BCUT2D eigenvalue weighted by molar-refractivity contribution is 0.0872. The summed E-state index contributed by atoms with van der Waals surface area (Å²) >= 11 is 3.36. The van der Waals surface area contributed by atoms with Crippen LogP contribution in [0, 0.1) is 5.82 Å². The average Bonchev–Trinajstić information content (AvgIpc) is 2.42. The molecule has 0 fully saturated rings. The van der Waals surface area contributed by atoms with E-state index in [4.69, 9.17) is 9.47 Å². The van der Waals surface area contributed by atoms with Gasteiger partial charge in [0.25, 0.3) is 0 Å². The van der Waals surface area contributed by atoms with Gasteiger partial charge in [-0.25, -0.2) is 4.39 Å². The Hall–Kier alpha value is -1.39. The fraction of sp³-hybridized carbons (Fsp3) is 0.200. The van der Waals surface area contributed by atoms with Crippen LogP contribution in [0.15, 0.2) is 53.0 Å². The largest absolute Gasteiger partial charge is 0.491 e.